The van der Waals surface area contributed by atoms with Crippen LogP contribution in [0.15, 0.2) is 55.4 Å². The summed E-state index contributed by atoms with van der Waals surface area (Å²) in [5.41, 5.74) is -0.344. The van der Waals surface area contributed by atoms with Crippen molar-refractivity contribution in [1.82, 2.24) is 15.1 Å². The molecule has 0 bridgehead atoms. The zero-order valence-electron chi connectivity index (χ0n) is 16.7. The van der Waals surface area contributed by atoms with Crippen molar-refractivity contribution < 1.29 is 18.4 Å². The Labute approximate surface area is 181 Å². The Morgan fingerprint density at radius 3 is 2.94 bits per heavy atom. The van der Waals surface area contributed by atoms with Gasteiger partial charge in [-0.2, -0.15) is 0 Å². The molecule has 31 heavy (non-hydrogen) atoms. The Morgan fingerprint density at radius 1 is 1.23 bits per heavy atom. The fraction of sp³-hybridized carbons (Fsp3) is 0.273. The number of fused-ring (bicyclic) bond motifs is 1. The molecule has 1 aromatic carbocycles. The van der Waals surface area contributed by atoms with E-state index in [-0.39, 0.29) is 17.4 Å². The molecule has 0 spiro atoms. The average molecular weight is 437 g/mol. The maximum absolute atomic E-state index is 13.2. The quantitative estimate of drug-likeness (QED) is 0.446. The Hall–Kier alpha value is -3.46. The molecule has 1 aliphatic heterocycles. The van der Waals surface area contributed by atoms with Gasteiger partial charge in [0.25, 0.3) is 11.8 Å². The first-order valence-corrected chi connectivity index (χ1v) is 10.8. The van der Waals surface area contributed by atoms with Crippen LogP contribution in [0, 0.1) is 0 Å². The van der Waals surface area contributed by atoms with Crippen LogP contribution in [0.25, 0.3) is 21.7 Å². The predicted molar refractivity (Wildman–Crippen MR) is 115 cm³/mol. The fourth-order valence-corrected chi connectivity index (χ4v) is 4.50. The van der Waals surface area contributed by atoms with Crippen molar-refractivity contribution in [2.75, 3.05) is 20.2 Å². The highest BCUT2D eigenvalue weighted by molar-refractivity contribution is 7.13. The van der Waals surface area contributed by atoms with Gasteiger partial charge in [0.1, 0.15) is 5.56 Å². The molecule has 5 rings (SSSR count). The second-order valence-corrected chi connectivity index (χ2v) is 8.29. The molecule has 0 radical (unpaired) electrons. The number of amides is 1. The first kappa shape index (κ1) is 19.5. The van der Waals surface area contributed by atoms with Crippen molar-refractivity contribution in [1.29, 1.82) is 0 Å². The second kappa shape index (κ2) is 7.99. The van der Waals surface area contributed by atoms with Crippen LogP contribution < -0.4 is 10.4 Å². The van der Waals surface area contributed by atoms with E-state index in [1.54, 1.807) is 29.2 Å². The lowest BCUT2D eigenvalue weighted by atomic mass is 9.97. The summed E-state index contributed by atoms with van der Waals surface area (Å²) in [5.74, 6) is 1.01. The van der Waals surface area contributed by atoms with Crippen molar-refractivity contribution in [2.24, 2.45) is 0 Å². The van der Waals surface area contributed by atoms with Gasteiger partial charge in [-0.1, -0.05) is 18.2 Å². The molecule has 1 aliphatic rings. The number of aromatic nitrogens is 2. The van der Waals surface area contributed by atoms with Crippen LogP contribution in [0.3, 0.4) is 0 Å². The summed E-state index contributed by atoms with van der Waals surface area (Å²) in [7, 11) is 1.50. The topological polar surface area (TPSA) is 98.7 Å². The van der Waals surface area contributed by atoms with Gasteiger partial charge in [-0.05, 0) is 36.4 Å². The minimum absolute atomic E-state index is 0.00575. The van der Waals surface area contributed by atoms with Crippen molar-refractivity contribution in [2.45, 2.75) is 18.8 Å². The van der Waals surface area contributed by atoms with Crippen molar-refractivity contribution in [3.63, 3.8) is 0 Å². The maximum atomic E-state index is 13.2. The highest BCUT2D eigenvalue weighted by atomic mass is 32.1. The molecule has 1 fully saturated rings. The number of benzene rings is 1. The second-order valence-electron chi connectivity index (χ2n) is 7.34. The summed E-state index contributed by atoms with van der Waals surface area (Å²) in [6, 6.07) is 10.7. The molecule has 1 saturated heterocycles. The molecule has 0 N–H and O–H groups in total. The number of hydrogen-bond acceptors (Lipinski definition) is 8. The van der Waals surface area contributed by atoms with Gasteiger partial charge < -0.3 is 18.5 Å². The van der Waals surface area contributed by atoms with Gasteiger partial charge in [-0.15, -0.1) is 21.5 Å². The van der Waals surface area contributed by atoms with Gasteiger partial charge in [0, 0.05) is 18.5 Å². The Balaban J connectivity index is 1.40. The number of likely N-dealkylation sites (tertiary alicyclic amines) is 1. The molecule has 4 heterocycles. The minimum atomic E-state index is -0.679. The maximum Gasteiger partial charge on any atom is 0.349 e. The number of carbonyl (C=O) groups is 1. The van der Waals surface area contributed by atoms with Crippen LogP contribution in [0.5, 0.6) is 5.75 Å². The zero-order valence-corrected chi connectivity index (χ0v) is 17.6. The molecule has 3 aromatic heterocycles. The van der Waals surface area contributed by atoms with Crippen LogP contribution in [0.4, 0.5) is 0 Å². The van der Waals surface area contributed by atoms with Crippen molar-refractivity contribution in [3.05, 3.63) is 63.7 Å². The zero-order chi connectivity index (χ0) is 21.4. The van der Waals surface area contributed by atoms with Gasteiger partial charge >= 0.3 is 5.63 Å². The number of methoxy groups -OCH3 is 1. The number of carbonyl (C=O) groups excluding carboxylic acids is 1. The Morgan fingerprint density at radius 2 is 2.13 bits per heavy atom. The van der Waals surface area contributed by atoms with Crippen LogP contribution in [0.1, 0.15) is 35.0 Å². The summed E-state index contributed by atoms with van der Waals surface area (Å²) in [5, 5.41) is 10.9. The van der Waals surface area contributed by atoms with Crippen LogP contribution in [-0.4, -0.2) is 41.2 Å². The van der Waals surface area contributed by atoms with E-state index in [1.807, 2.05) is 17.5 Å². The van der Waals surface area contributed by atoms with Gasteiger partial charge in [0.2, 0.25) is 5.89 Å². The van der Waals surface area contributed by atoms with Gasteiger partial charge in [0.15, 0.2) is 11.3 Å². The summed E-state index contributed by atoms with van der Waals surface area (Å²) >= 11 is 1.53. The third-order valence-electron chi connectivity index (χ3n) is 5.40. The number of ether oxygens (including phenoxy) is 1. The summed E-state index contributed by atoms with van der Waals surface area (Å²) in [6.45, 7) is 0.956. The van der Waals surface area contributed by atoms with E-state index in [0.29, 0.717) is 41.6 Å². The molecular weight excluding hydrogens is 418 g/mol. The van der Waals surface area contributed by atoms with Gasteiger partial charge in [0.05, 0.1) is 17.9 Å². The molecule has 1 amide bonds. The monoisotopic (exact) mass is 437 g/mol. The van der Waals surface area contributed by atoms with Gasteiger partial charge in [-0.3, -0.25) is 4.79 Å². The van der Waals surface area contributed by atoms with E-state index >= 15 is 0 Å². The van der Waals surface area contributed by atoms with Crippen LogP contribution in [-0.2, 0) is 0 Å². The summed E-state index contributed by atoms with van der Waals surface area (Å²) in [4.78, 5) is 28.3. The van der Waals surface area contributed by atoms with E-state index in [1.165, 1.54) is 18.4 Å². The van der Waals surface area contributed by atoms with E-state index in [4.69, 9.17) is 13.6 Å². The number of para-hydroxylation sites is 1. The molecule has 0 saturated carbocycles. The lowest BCUT2D eigenvalue weighted by molar-refractivity contribution is 0.0694. The largest absolute Gasteiger partial charge is 0.493 e. The van der Waals surface area contributed by atoms with Crippen molar-refractivity contribution >= 4 is 28.2 Å². The number of nitrogens with zero attached hydrogens (tertiary/aromatic N) is 3. The van der Waals surface area contributed by atoms with E-state index < -0.39 is 5.63 Å². The van der Waals surface area contributed by atoms with Crippen molar-refractivity contribution in [3.8, 4) is 16.5 Å². The lowest BCUT2D eigenvalue weighted by Gasteiger charge is -2.30. The molecular formula is C22H19N3O5S. The third kappa shape index (κ3) is 3.61. The van der Waals surface area contributed by atoms with E-state index in [2.05, 4.69) is 10.2 Å². The number of piperidine rings is 1. The Bertz CT molecular complexity index is 1290. The van der Waals surface area contributed by atoms with E-state index in [0.717, 1.165) is 17.7 Å². The molecule has 9 heteroatoms. The molecule has 1 atom stereocenters. The fourth-order valence-electron chi connectivity index (χ4n) is 3.86. The first-order valence-electron chi connectivity index (χ1n) is 9.91. The number of thiophene rings is 1. The third-order valence-corrected chi connectivity index (χ3v) is 6.26. The van der Waals surface area contributed by atoms with Crippen LogP contribution in [0.2, 0.25) is 0 Å². The minimum Gasteiger partial charge on any atom is -0.493 e. The molecule has 0 aliphatic carbocycles. The predicted octanol–water partition coefficient (Wildman–Crippen LogP) is 3.93. The summed E-state index contributed by atoms with van der Waals surface area (Å²) < 4.78 is 16.5. The normalized spacial score (nSPS) is 16.5. The first-order chi connectivity index (χ1) is 15.1. The highest BCUT2D eigenvalue weighted by Crippen LogP contribution is 2.31. The van der Waals surface area contributed by atoms with Gasteiger partial charge in [-0.25, -0.2) is 4.79 Å². The number of hydrogen-bond donors (Lipinski definition) is 0. The Kier molecular flexibility index (Phi) is 5.03. The standard InChI is InChI=1S/C22H19N3O5S/c1-28-16-7-2-5-13-11-15(22(27)29-18(13)16)21(26)25-9-3-6-14(12-25)19-23-24-20(30-19)17-8-4-10-31-17/h2,4-5,7-8,10-11,14H,3,6,9,12H2,1H3. The number of rotatable bonds is 4. The lowest BCUT2D eigenvalue weighted by Crippen LogP contribution is -2.40. The molecule has 8 nitrogen and oxygen atoms in total. The summed E-state index contributed by atoms with van der Waals surface area (Å²) in [6.07, 6.45) is 1.61. The molecule has 4 aromatic rings. The SMILES string of the molecule is COc1cccc2cc(C(=O)N3CCCC(c4nnc(-c5cccs5)o4)C3)c(=O)oc12. The average Bonchev–Trinajstić information content (AvgIpc) is 3.50. The molecule has 1 unspecified atom stereocenters. The smallest absolute Gasteiger partial charge is 0.349 e. The highest BCUT2D eigenvalue weighted by Gasteiger charge is 2.30. The molecule has 158 valence electrons. The van der Waals surface area contributed by atoms with Crippen LogP contribution >= 0.6 is 11.3 Å². The van der Waals surface area contributed by atoms with E-state index in [9.17, 15) is 9.59 Å².